The molecule has 118 valence electrons. The van der Waals surface area contributed by atoms with Gasteiger partial charge < -0.3 is 9.84 Å². The second kappa shape index (κ2) is 7.49. The van der Waals surface area contributed by atoms with E-state index in [1.54, 1.807) is 11.8 Å². The zero-order valence-electron chi connectivity index (χ0n) is 12.7. The van der Waals surface area contributed by atoms with Crippen LogP contribution in [0, 0.1) is 18.8 Å². The van der Waals surface area contributed by atoms with Crippen LogP contribution in [-0.4, -0.2) is 29.7 Å². The number of ether oxygens (including phenoxy) is 1. The van der Waals surface area contributed by atoms with Crippen molar-refractivity contribution in [3.05, 3.63) is 41.7 Å². The number of rotatable bonds is 5. The van der Waals surface area contributed by atoms with Crippen molar-refractivity contribution in [2.24, 2.45) is 11.8 Å². The first-order valence-electron chi connectivity index (χ1n) is 7.22. The molecule has 2 rings (SSSR count). The van der Waals surface area contributed by atoms with Gasteiger partial charge >= 0.3 is 5.97 Å². The van der Waals surface area contributed by atoms with Gasteiger partial charge in [-0.15, -0.1) is 11.8 Å². The highest BCUT2D eigenvalue weighted by Gasteiger charge is 2.37. The first-order chi connectivity index (χ1) is 10.5. The number of hydrogen-bond donors (Lipinski definition) is 1. The molecule has 1 N–H and O–H groups in total. The summed E-state index contributed by atoms with van der Waals surface area (Å²) in [7, 11) is 1.30. The largest absolute Gasteiger partial charge is 0.511 e. The van der Waals surface area contributed by atoms with Crippen LogP contribution in [0.4, 0.5) is 0 Å². The predicted molar refractivity (Wildman–Crippen MR) is 85.9 cm³/mol. The van der Waals surface area contributed by atoms with Crippen molar-refractivity contribution in [3.8, 4) is 0 Å². The first kappa shape index (κ1) is 16.6. The van der Waals surface area contributed by atoms with Crippen molar-refractivity contribution >= 4 is 23.5 Å². The third-order valence-electron chi connectivity index (χ3n) is 3.80. The molecule has 2 unspecified atom stereocenters. The van der Waals surface area contributed by atoms with E-state index in [1.165, 1.54) is 12.7 Å². The minimum atomic E-state index is -0.721. The summed E-state index contributed by atoms with van der Waals surface area (Å²) in [4.78, 5) is 24.6. The van der Waals surface area contributed by atoms with E-state index in [1.807, 2.05) is 6.92 Å². The van der Waals surface area contributed by atoms with Crippen molar-refractivity contribution in [2.45, 2.75) is 24.7 Å². The molecule has 0 radical (unpaired) electrons. The Labute approximate surface area is 134 Å². The van der Waals surface area contributed by atoms with Gasteiger partial charge in [-0.2, -0.15) is 0 Å². The van der Waals surface area contributed by atoms with Crippen molar-refractivity contribution in [1.82, 2.24) is 0 Å². The highest BCUT2D eigenvalue weighted by Crippen LogP contribution is 2.33. The van der Waals surface area contributed by atoms with E-state index >= 15 is 0 Å². The third-order valence-corrected chi connectivity index (χ3v) is 4.84. The van der Waals surface area contributed by atoms with Crippen molar-refractivity contribution in [3.63, 3.8) is 0 Å². The molecular weight excluding hydrogens is 300 g/mol. The summed E-state index contributed by atoms with van der Waals surface area (Å²) < 4.78 is 4.75. The molecule has 22 heavy (non-hydrogen) atoms. The Hall–Kier alpha value is -1.75. The Balaban J connectivity index is 1.97. The molecule has 0 spiro atoms. The molecule has 1 aromatic rings. The van der Waals surface area contributed by atoms with E-state index in [4.69, 9.17) is 4.74 Å². The number of thioether (sulfide) groups is 1. The van der Waals surface area contributed by atoms with E-state index in [9.17, 15) is 14.7 Å². The van der Waals surface area contributed by atoms with Crippen molar-refractivity contribution in [2.75, 3.05) is 12.9 Å². The zero-order valence-corrected chi connectivity index (χ0v) is 13.6. The van der Waals surface area contributed by atoms with Crippen LogP contribution in [0.25, 0.3) is 0 Å². The average Bonchev–Trinajstić information content (AvgIpc) is 2.48. The summed E-state index contributed by atoms with van der Waals surface area (Å²) in [5.74, 6) is -0.936. The number of benzene rings is 1. The van der Waals surface area contributed by atoms with Crippen LogP contribution in [0.2, 0.25) is 0 Å². The lowest BCUT2D eigenvalue weighted by Crippen LogP contribution is -2.32. The maximum Gasteiger partial charge on any atom is 0.316 e. The molecule has 1 aliphatic rings. The SMILES string of the molecule is COC(=O)C1C(O)=CC(=O)CC1CCSc1ccc(C)cc1. The fourth-order valence-electron chi connectivity index (χ4n) is 2.60. The van der Waals surface area contributed by atoms with Crippen LogP contribution in [0.15, 0.2) is 41.0 Å². The maximum absolute atomic E-state index is 11.8. The Morgan fingerprint density at radius 2 is 2.05 bits per heavy atom. The number of aryl methyl sites for hydroxylation is 1. The molecule has 0 saturated heterocycles. The summed E-state index contributed by atoms with van der Waals surface area (Å²) >= 11 is 1.68. The second-order valence-corrected chi connectivity index (χ2v) is 6.62. The molecule has 0 fully saturated rings. The van der Waals surface area contributed by atoms with Crippen LogP contribution in [0.5, 0.6) is 0 Å². The standard InChI is InChI=1S/C17H20O4S/c1-11-3-5-14(6-4-11)22-8-7-12-9-13(18)10-15(19)16(12)17(20)21-2/h3-6,10,12,16,19H,7-9H2,1-2H3. The number of carbonyl (C=O) groups excluding carboxylic acids is 2. The summed E-state index contributed by atoms with van der Waals surface area (Å²) in [6, 6.07) is 8.22. The van der Waals surface area contributed by atoms with E-state index in [2.05, 4.69) is 24.3 Å². The lowest BCUT2D eigenvalue weighted by molar-refractivity contribution is -0.147. The highest BCUT2D eigenvalue weighted by atomic mass is 32.2. The molecule has 0 bridgehead atoms. The van der Waals surface area contributed by atoms with Crippen molar-refractivity contribution in [1.29, 1.82) is 0 Å². The number of ketones is 1. The van der Waals surface area contributed by atoms with Crippen LogP contribution >= 0.6 is 11.8 Å². The predicted octanol–water partition coefficient (Wildman–Crippen LogP) is 3.30. The number of allylic oxidation sites excluding steroid dienone is 1. The second-order valence-electron chi connectivity index (χ2n) is 5.45. The monoisotopic (exact) mass is 320 g/mol. The van der Waals surface area contributed by atoms with Gasteiger partial charge in [-0.1, -0.05) is 17.7 Å². The number of hydrogen-bond acceptors (Lipinski definition) is 5. The number of carbonyl (C=O) groups is 2. The number of aliphatic hydroxyl groups excluding tert-OH is 1. The van der Waals surface area contributed by atoms with Gasteiger partial charge in [0.05, 0.1) is 7.11 Å². The molecule has 4 nitrogen and oxygen atoms in total. The summed E-state index contributed by atoms with van der Waals surface area (Å²) in [6.45, 7) is 2.04. The molecule has 0 amide bonds. The molecule has 0 aromatic heterocycles. The molecule has 2 atom stereocenters. The summed E-state index contributed by atoms with van der Waals surface area (Å²) in [6.07, 6.45) is 2.09. The van der Waals surface area contributed by atoms with E-state index < -0.39 is 11.9 Å². The Bertz CT molecular complexity index is 577. The van der Waals surface area contributed by atoms with Gasteiger partial charge in [0.25, 0.3) is 0 Å². The van der Waals surface area contributed by atoms with Crippen LogP contribution in [-0.2, 0) is 14.3 Å². The Morgan fingerprint density at radius 3 is 2.68 bits per heavy atom. The van der Waals surface area contributed by atoms with Gasteiger partial charge in [-0.25, -0.2) is 0 Å². The molecular formula is C17H20O4S. The molecule has 0 saturated carbocycles. The molecule has 1 aromatic carbocycles. The molecule has 1 aliphatic carbocycles. The smallest absolute Gasteiger partial charge is 0.316 e. The van der Waals surface area contributed by atoms with Crippen LogP contribution in [0.1, 0.15) is 18.4 Å². The van der Waals surface area contributed by atoms with Crippen LogP contribution in [0.3, 0.4) is 0 Å². The number of methoxy groups -OCH3 is 1. The molecule has 5 heteroatoms. The maximum atomic E-state index is 11.8. The highest BCUT2D eigenvalue weighted by molar-refractivity contribution is 7.99. The first-order valence-corrected chi connectivity index (χ1v) is 8.20. The van der Waals surface area contributed by atoms with E-state index in [0.717, 1.165) is 16.7 Å². The Morgan fingerprint density at radius 1 is 1.36 bits per heavy atom. The van der Waals surface area contributed by atoms with Gasteiger partial charge in [-0.05, 0) is 37.1 Å². The summed E-state index contributed by atoms with van der Waals surface area (Å²) in [5, 5.41) is 9.89. The topological polar surface area (TPSA) is 63.6 Å². The van der Waals surface area contributed by atoms with E-state index in [0.29, 0.717) is 6.42 Å². The lowest BCUT2D eigenvalue weighted by atomic mass is 9.80. The lowest BCUT2D eigenvalue weighted by Gasteiger charge is -2.27. The van der Waals surface area contributed by atoms with Gasteiger partial charge in [0, 0.05) is 17.4 Å². The molecule has 0 heterocycles. The van der Waals surface area contributed by atoms with Crippen molar-refractivity contribution < 1.29 is 19.4 Å². The number of esters is 1. The minimum Gasteiger partial charge on any atom is -0.511 e. The van der Waals surface area contributed by atoms with Gasteiger partial charge in [0.1, 0.15) is 11.7 Å². The van der Waals surface area contributed by atoms with E-state index in [-0.39, 0.29) is 23.9 Å². The van der Waals surface area contributed by atoms with Crippen LogP contribution < -0.4 is 0 Å². The number of aliphatic hydroxyl groups is 1. The van der Waals surface area contributed by atoms with Gasteiger partial charge in [0.15, 0.2) is 5.78 Å². The Kier molecular flexibility index (Phi) is 5.66. The van der Waals surface area contributed by atoms with Gasteiger partial charge in [0.2, 0.25) is 0 Å². The normalized spacial score (nSPS) is 21.4. The van der Waals surface area contributed by atoms with Gasteiger partial charge in [-0.3, -0.25) is 9.59 Å². The average molecular weight is 320 g/mol. The summed E-state index contributed by atoms with van der Waals surface area (Å²) in [5.41, 5.74) is 1.21. The third kappa shape index (κ3) is 4.13. The fourth-order valence-corrected chi connectivity index (χ4v) is 3.59. The fraction of sp³-hybridized carbons (Fsp3) is 0.412. The zero-order chi connectivity index (χ0) is 16.1. The molecule has 0 aliphatic heterocycles. The minimum absolute atomic E-state index is 0.136. The quantitative estimate of drug-likeness (QED) is 0.666.